The van der Waals surface area contributed by atoms with Crippen LogP contribution in [0.3, 0.4) is 0 Å². The van der Waals surface area contributed by atoms with E-state index in [0.717, 1.165) is 144 Å². The minimum Gasteiger partial charge on any atom is -0.309 e. The van der Waals surface area contributed by atoms with Gasteiger partial charge in [-0.25, -0.2) is 0 Å². The normalized spacial score (nSPS) is 12.1. The maximum Gasteiger partial charge on any atom is 0.417 e. The van der Waals surface area contributed by atoms with E-state index in [9.17, 15) is 5.26 Å². The summed E-state index contributed by atoms with van der Waals surface area (Å²) in [6.07, 6.45) is -10.3. The highest BCUT2D eigenvalue weighted by Crippen LogP contribution is 2.49. The van der Waals surface area contributed by atoms with Crippen LogP contribution in [0, 0.1) is 73.6 Å². The van der Waals surface area contributed by atoms with Crippen molar-refractivity contribution in [2.24, 2.45) is 0 Å². The number of aromatic nitrogens is 2. The van der Waals surface area contributed by atoms with Gasteiger partial charge in [0.15, 0.2) is 0 Å². The molecule has 11 aromatic carbocycles. The van der Waals surface area contributed by atoms with Gasteiger partial charge in [0.1, 0.15) is 0 Å². The van der Waals surface area contributed by atoms with Gasteiger partial charge in [-0.05, 0) is 225 Å². The van der Waals surface area contributed by atoms with Gasteiger partial charge in [-0.15, -0.1) is 0 Å². The molecule has 3 nitrogen and oxygen atoms in total. The lowest BCUT2D eigenvalue weighted by atomic mass is 9.90. The van der Waals surface area contributed by atoms with Crippen molar-refractivity contribution in [1.82, 2.24) is 9.13 Å². The molecule has 87 heavy (non-hydrogen) atoms. The molecule has 0 N–H and O–H groups in total. The molecular formula is C78H59F6N3. The maximum atomic E-state index is 15.4. The summed E-state index contributed by atoms with van der Waals surface area (Å²) in [6.45, 7) is 18.8. The number of aryl methyl sites for hydroxylation is 9. The molecule has 0 atom stereocenters. The smallest absolute Gasteiger partial charge is 0.309 e. The Balaban J connectivity index is 1.16. The van der Waals surface area contributed by atoms with E-state index in [4.69, 9.17) is 0 Å². The lowest BCUT2D eigenvalue weighted by Crippen LogP contribution is -2.14. The summed E-state index contributed by atoms with van der Waals surface area (Å²) in [5.41, 5.74) is 19.4. The molecule has 9 heteroatoms. The predicted molar refractivity (Wildman–Crippen MR) is 345 cm³/mol. The summed E-state index contributed by atoms with van der Waals surface area (Å²) < 4.78 is 96.4. The van der Waals surface area contributed by atoms with E-state index < -0.39 is 29.0 Å². The Labute approximate surface area is 501 Å². The van der Waals surface area contributed by atoms with E-state index in [2.05, 4.69) is 205 Å². The van der Waals surface area contributed by atoms with Crippen molar-refractivity contribution in [1.29, 1.82) is 5.26 Å². The lowest BCUT2D eigenvalue weighted by Gasteiger charge is -2.22. The number of halogens is 6. The Kier molecular flexibility index (Phi) is 13.5. The zero-order valence-electron chi connectivity index (χ0n) is 49.6. The second-order valence-corrected chi connectivity index (χ2v) is 23.6. The zero-order chi connectivity index (χ0) is 61.1. The third-order valence-electron chi connectivity index (χ3n) is 17.4. The highest BCUT2D eigenvalue weighted by atomic mass is 19.4. The van der Waals surface area contributed by atoms with Crippen LogP contribution in [0.25, 0.3) is 122 Å². The first-order valence-corrected chi connectivity index (χ1v) is 29.0. The van der Waals surface area contributed by atoms with Gasteiger partial charge >= 0.3 is 12.4 Å². The van der Waals surface area contributed by atoms with E-state index in [1.165, 1.54) is 12.1 Å². The fourth-order valence-electron chi connectivity index (χ4n) is 13.7. The average molecular weight is 1150 g/mol. The molecule has 428 valence electrons. The number of alkyl halides is 6. The molecule has 0 spiro atoms. The standard InChI is InChI=1S/C78H59F6N3/c1-43-13-22-58(47(5)31-43)53-17-26-70-63(37-53)64-38-54(59-23-14-44(2)32-48(59)6)18-27-71(64)86(70)69-30-21-57(76-67(77(79,80)81)11-10-12-68(76)78(82,83)84)41-62(69)61-25-16-52(42-85)36-74(61)87-72-28-19-55(60-24-15-45(3)33-49(60)7)39-65(72)66-40-56(20-29-73(66)87)75-50(8)34-46(4)35-51(75)9/h10-41H,1-9H3. The van der Waals surface area contributed by atoms with Crippen molar-refractivity contribution in [3.63, 3.8) is 0 Å². The topological polar surface area (TPSA) is 33.6 Å². The van der Waals surface area contributed by atoms with Gasteiger partial charge < -0.3 is 9.13 Å². The number of nitriles is 1. The molecule has 0 unspecified atom stereocenters. The molecule has 0 aliphatic heterocycles. The van der Waals surface area contributed by atoms with Gasteiger partial charge in [0.25, 0.3) is 0 Å². The van der Waals surface area contributed by atoms with Crippen LogP contribution in [0.1, 0.15) is 66.8 Å². The van der Waals surface area contributed by atoms with Gasteiger partial charge in [-0.1, -0.05) is 131 Å². The van der Waals surface area contributed by atoms with E-state index in [0.29, 0.717) is 40.2 Å². The van der Waals surface area contributed by atoms with Crippen LogP contribution in [-0.2, 0) is 12.4 Å². The Hall–Kier alpha value is -9.91. The second-order valence-electron chi connectivity index (χ2n) is 23.6. The molecule has 0 amide bonds. The van der Waals surface area contributed by atoms with Gasteiger partial charge in [0, 0.05) is 38.2 Å². The minimum atomic E-state index is -5.16. The zero-order valence-corrected chi connectivity index (χ0v) is 49.6. The fourth-order valence-corrected chi connectivity index (χ4v) is 13.7. The van der Waals surface area contributed by atoms with Crippen LogP contribution in [0.4, 0.5) is 26.3 Å². The monoisotopic (exact) mass is 1150 g/mol. The summed E-state index contributed by atoms with van der Waals surface area (Å²) in [5, 5.41) is 14.4. The van der Waals surface area contributed by atoms with Gasteiger partial charge in [0.2, 0.25) is 0 Å². The van der Waals surface area contributed by atoms with Crippen LogP contribution in [0.2, 0.25) is 0 Å². The molecular weight excluding hydrogens is 1090 g/mol. The van der Waals surface area contributed by atoms with Crippen LogP contribution in [0.5, 0.6) is 0 Å². The van der Waals surface area contributed by atoms with E-state index in [-0.39, 0.29) is 5.56 Å². The lowest BCUT2D eigenvalue weighted by molar-refractivity contribution is -0.142. The number of fused-ring (bicyclic) bond motifs is 6. The van der Waals surface area contributed by atoms with Crippen LogP contribution in [0.15, 0.2) is 194 Å². The first kappa shape index (κ1) is 56.2. The van der Waals surface area contributed by atoms with Gasteiger partial charge in [-0.2, -0.15) is 31.6 Å². The highest BCUT2D eigenvalue weighted by Gasteiger charge is 2.41. The first-order valence-electron chi connectivity index (χ1n) is 29.0. The summed E-state index contributed by atoms with van der Waals surface area (Å²) in [7, 11) is 0. The Bertz CT molecular complexity index is 4910. The highest BCUT2D eigenvalue weighted by molar-refractivity contribution is 6.14. The summed E-state index contributed by atoms with van der Waals surface area (Å²) in [4.78, 5) is 0. The molecule has 0 bridgehead atoms. The molecule has 13 aromatic rings. The van der Waals surface area contributed by atoms with Crippen molar-refractivity contribution in [2.75, 3.05) is 0 Å². The third kappa shape index (κ3) is 9.74. The summed E-state index contributed by atoms with van der Waals surface area (Å²) in [5.74, 6) is 0. The first-order chi connectivity index (χ1) is 41.5. The number of hydrogen-bond acceptors (Lipinski definition) is 1. The van der Waals surface area contributed by atoms with Crippen molar-refractivity contribution in [3.8, 4) is 84.2 Å². The second kappa shape index (κ2) is 21.0. The molecule has 0 saturated heterocycles. The molecule has 0 aliphatic carbocycles. The number of nitrogens with zero attached hydrogens (tertiary/aromatic N) is 3. The van der Waals surface area contributed by atoms with Gasteiger partial charge in [0.05, 0.1) is 56.2 Å². The average Bonchev–Trinajstić information content (AvgIpc) is 1.71. The number of benzene rings is 11. The van der Waals surface area contributed by atoms with Crippen LogP contribution >= 0.6 is 0 Å². The number of rotatable bonds is 8. The van der Waals surface area contributed by atoms with Gasteiger partial charge in [-0.3, -0.25) is 0 Å². The van der Waals surface area contributed by atoms with Crippen molar-refractivity contribution in [2.45, 2.75) is 74.7 Å². The van der Waals surface area contributed by atoms with Crippen molar-refractivity contribution < 1.29 is 26.3 Å². The molecule has 0 radical (unpaired) electrons. The summed E-state index contributed by atoms with van der Waals surface area (Å²) in [6, 6.07) is 63.0. The van der Waals surface area contributed by atoms with Crippen molar-refractivity contribution in [3.05, 3.63) is 261 Å². The number of hydrogen-bond donors (Lipinski definition) is 0. The van der Waals surface area contributed by atoms with Crippen molar-refractivity contribution >= 4 is 43.6 Å². The molecule has 0 fully saturated rings. The quantitative estimate of drug-likeness (QED) is 0.140. The molecule has 0 aliphatic rings. The molecule has 2 aromatic heterocycles. The third-order valence-corrected chi connectivity index (χ3v) is 17.4. The van der Waals surface area contributed by atoms with E-state index >= 15 is 26.3 Å². The minimum absolute atomic E-state index is 0.284. The predicted octanol–water partition coefficient (Wildman–Crippen LogP) is 22.6. The van der Waals surface area contributed by atoms with Crippen LogP contribution < -0.4 is 0 Å². The Morgan fingerprint density at radius 1 is 0.310 bits per heavy atom. The molecule has 13 rings (SSSR count). The Morgan fingerprint density at radius 2 is 0.678 bits per heavy atom. The largest absolute Gasteiger partial charge is 0.417 e. The maximum absolute atomic E-state index is 15.4. The molecule has 2 heterocycles. The SMILES string of the molecule is Cc1ccc(-c2ccc3c(c2)c2cc(-c4ccc(C)cc4C)ccc2n3-c2ccc(-c3c(C(F)(F)F)cccc3C(F)(F)F)cc2-c2ccc(C#N)cc2-n2c3ccc(-c4ccc(C)cc4C)cc3c3cc(-c4c(C)cc(C)cc4C)ccc32)c(C)c1. The van der Waals surface area contributed by atoms with Crippen LogP contribution in [-0.4, -0.2) is 9.13 Å². The van der Waals surface area contributed by atoms with E-state index in [1.807, 2.05) is 12.1 Å². The summed E-state index contributed by atoms with van der Waals surface area (Å²) >= 11 is 0. The molecule has 0 saturated carbocycles. The van der Waals surface area contributed by atoms with E-state index in [1.54, 1.807) is 24.3 Å². The fraction of sp³-hybridized carbons (Fsp3) is 0.141. The Morgan fingerprint density at radius 3 is 1.09 bits per heavy atom.